The third-order valence-corrected chi connectivity index (χ3v) is 1.96. The summed E-state index contributed by atoms with van der Waals surface area (Å²) in [6.45, 7) is 0.342. The molecule has 2 rings (SSSR count). The van der Waals surface area contributed by atoms with Crippen LogP contribution in [-0.2, 0) is 6.54 Å². The molecule has 1 aromatic heterocycles. The fraction of sp³-hybridized carbons (Fsp3) is 0.111. The van der Waals surface area contributed by atoms with Crippen LogP contribution in [0.2, 0.25) is 0 Å². The molecule has 0 aliphatic carbocycles. The lowest BCUT2D eigenvalue weighted by Gasteiger charge is -1.98. The lowest BCUT2D eigenvalue weighted by molar-refractivity contribution is 0.460. The van der Waals surface area contributed by atoms with Crippen molar-refractivity contribution < 1.29 is 4.42 Å². The molecule has 5 heteroatoms. The molecule has 3 N–H and O–H groups in total. The number of rotatable bonds is 1. The van der Waals surface area contributed by atoms with Crippen molar-refractivity contribution in [3.63, 3.8) is 0 Å². The van der Waals surface area contributed by atoms with E-state index in [1.54, 1.807) is 18.2 Å². The van der Waals surface area contributed by atoms with Crippen molar-refractivity contribution in [2.24, 2.45) is 5.73 Å². The van der Waals surface area contributed by atoms with E-state index < -0.39 is 11.4 Å². The molecule has 0 atom stereocenters. The van der Waals surface area contributed by atoms with Crippen LogP contribution in [0.15, 0.2) is 32.2 Å². The SMILES string of the molecule is NCc1ccc2[nH]c(=O)oc(=O)c2c1. The summed E-state index contributed by atoms with van der Waals surface area (Å²) in [5, 5.41) is 0.340. The molecule has 72 valence electrons. The van der Waals surface area contributed by atoms with E-state index in [1.807, 2.05) is 0 Å². The van der Waals surface area contributed by atoms with Crippen LogP contribution < -0.4 is 17.1 Å². The van der Waals surface area contributed by atoms with Crippen molar-refractivity contribution in [1.29, 1.82) is 0 Å². The number of aromatic amines is 1. The monoisotopic (exact) mass is 192 g/mol. The van der Waals surface area contributed by atoms with Gasteiger partial charge in [0.05, 0.1) is 10.9 Å². The van der Waals surface area contributed by atoms with E-state index in [4.69, 9.17) is 5.73 Å². The molecule has 0 aliphatic heterocycles. The number of benzene rings is 1. The molecule has 0 radical (unpaired) electrons. The van der Waals surface area contributed by atoms with E-state index in [1.165, 1.54) is 0 Å². The van der Waals surface area contributed by atoms with Gasteiger partial charge in [0.15, 0.2) is 0 Å². The summed E-state index contributed by atoms with van der Waals surface area (Å²) in [6.07, 6.45) is 0. The zero-order valence-electron chi connectivity index (χ0n) is 7.24. The Balaban J connectivity index is 2.89. The second-order valence-corrected chi connectivity index (χ2v) is 2.89. The maximum absolute atomic E-state index is 11.2. The maximum Gasteiger partial charge on any atom is 0.419 e. The lowest BCUT2D eigenvalue weighted by atomic mass is 10.1. The molecule has 0 saturated heterocycles. The van der Waals surface area contributed by atoms with Gasteiger partial charge in [-0.3, -0.25) is 4.98 Å². The molecule has 1 heterocycles. The van der Waals surface area contributed by atoms with Crippen LogP contribution in [0.3, 0.4) is 0 Å². The Morgan fingerprint density at radius 1 is 1.36 bits per heavy atom. The third-order valence-electron chi connectivity index (χ3n) is 1.96. The van der Waals surface area contributed by atoms with Gasteiger partial charge in [0.2, 0.25) is 0 Å². The largest absolute Gasteiger partial charge is 0.419 e. The number of nitrogens with one attached hydrogen (secondary N) is 1. The lowest BCUT2D eigenvalue weighted by Crippen LogP contribution is -2.14. The van der Waals surface area contributed by atoms with Gasteiger partial charge < -0.3 is 10.2 Å². The van der Waals surface area contributed by atoms with Crippen LogP contribution in [-0.4, -0.2) is 4.98 Å². The minimum Gasteiger partial charge on any atom is -0.372 e. The topological polar surface area (TPSA) is 89.1 Å². The van der Waals surface area contributed by atoms with Crippen molar-refractivity contribution in [3.8, 4) is 0 Å². The van der Waals surface area contributed by atoms with Crippen LogP contribution in [0, 0.1) is 0 Å². The Bertz CT molecular complexity index is 582. The van der Waals surface area contributed by atoms with Gasteiger partial charge in [0, 0.05) is 6.54 Å². The summed E-state index contributed by atoms with van der Waals surface area (Å²) >= 11 is 0. The van der Waals surface area contributed by atoms with Crippen LogP contribution in [0.25, 0.3) is 10.9 Å². The molecule has 1 aromatic carbocycles. The standard InChI is InChI=1S/C9H8N2O3/c10-4-5-1-2-7-6(3-5)8(12)14-9(13)11-7/h1-3H,4,10H2,(H,11,13). The van der Waals surface area contributed by atoms with Crippen molar-refractivity contribution in [3.05, 3.63) is 44.7 Å². The van der Waals surface area contributed by atoms with E-state index in [0.29, 0.717) is 17.4 Å². The normalized spacial score (nSPS) is 10.6. The predicted molar refractivity (Wildman–Crippen MR) is 51.0 cm³/mol. The summed E-state index contributed by atoms with van der Waals surface area (Å²) in [4.78, 5) is 24.5. The van der Waals surface area contributed by atoms with Crippen LogP contribution in [0.1, 0.15) is 5.56 Å². The number of H-pyrrole nitrogens is 1. The number of hydrogen-bond donors (Lipinski definition) is 2. The van der Waals surface area contributed by atoms with Gasteiger partial charge in [-0.2, -0.15) is 0 Å². The highest BCUT2D eigenvalue weighted by Gasteiger charge is 2.02. The second-order valence-electron chi connectivity index (χ2n) is 2.89. The minimum atomic E-state index is -0.747. The molecule has 0 amide bonds. The second kappa shape index (κ2) is 3.12. The maximum atomic E-state index is 11.2. The molecule has 5 nitrogen and oxygen atoms in total. The van der Waals surface area contributed by atoms with Crippen LogP contribution in [0.5, 0.6) is 0 Å². The molecule has 0 aliphatic rings. The fourth-order valence-corrected chi connectivity index (χ4v) is 1.27. The first-order valence-electron chi connectivity index (χ1n) is 4.07. The number of nitrogens with two attached hydrogens (primary N) is 1. The van der Waals surface area contributed by atoms with Gasteiger partial charge in [-0.25, -0.2) is 9.59 Å². The molecule has 0 bridgehead atoms. The van der Waals surface area contributed by atoms with E-state index in [2.05, 4.69) is 9.40 Å². The summed E-state index contributed by atoms with van der Waals surface area (Å²) in [6, 6.07) is 4.99. The van der Waals surface area contributed by atoms with Crippen molar-refractivity contribution in [1.82, 2.24) is 4.98 Å². The first-order chi connectivity index (χ1) is 6.70. The zero-order chi connectivity index (χ0) is 10.1. The minimum absolute atomic E-state index is 0.340. The Morgan fingerprint density at radius 2 is 2.14 bits per heavy atom. The number of aromatic nitrogens is 1. The Hall–Kier alpha value is -1.88. The molecular weight excluding hydrogens is 184 g/mol. The van der Waals surface area contributed by atoms with Crippen molar-refractivity contribution >= 4 is 10.9 Å². The predicted octanol–water partition coefficient (Wildman–Crippen LogP) is -0.0600. The zero-order valence-corrected chi connectivity index (χ0v) is 7.24. The van der Waals surface area contributed by atoms with Gasteiger partial charge in [0.25, 0.3) is 0 Å². The smallest absolute Gasteiger partial charge is 0.372 e. The Kier molecular flexibility index (Phi) is 1.94. The molecule has 0 fully saturated rings. The Morgan fingerprint density at radius 3 is 2.86 bits per heavy atom. The molecule has 0 unspecified atom stereocenters. The van der Waals surface area contributed by atoms with E-state index in [9.17, 15) is 9.59 Å². The molecular formula is C9H8N2O3. The van der Waals surface area contributed by atoms with Gasteiger partial charge in [-0.1, -0.05) is 6.07 Å². The summed E-state index contributed by atoms with van der Waals surface area (Å²) < 4.78 is 4.38. The fourth-order valence-electron chi connectivity index (χ4n) is 1.27. The first kappa shape index (κ1) is 8.71. The van der Waals surface area contributed by atoms with Crippen molar-refractivity contribution in [2.75, 3.05) is 0 Å². The van der Waals surface area contributed by atoms with E-state index in [-0.39, 0.29) is 0 Å². The molecule has 14 heavy (non-hydrogen) atoms. The average molecular weight is 192 g/mol. The molecule has 2 aromatic rings. The highest BCUT2D eigenvalue weighted by Crippen LogP contribution is 2.07. The van der Waals surface area contributed by atoms with Gasteiger partial charge in [-0.15, -0.1) is 0 Å². The Labute approximate surface area is 78.2 Å². The van der Waals surface area contributed by atoms with Crippen LogP contribution in [0.4, 0.5) is 0 Å². The first-order valence-corrected chi connectivity index (χ1v) is 4.07. The average Bonchev–Trinajstić information content (AvgIpc) is 2.17. The van der Waals surface area contributed by atoms with Gasteiger partial charge >= 0.3 is 11.4 Å². The van der Waals surface area contributed by atoms with Crippen molar-refractivity contribution in [2.45, 2.75) is 6.54 Å². The van der Waals surface area contributed by atoms with E-state index in [0.717, 1.165) is 5.56 Å². The highest BCUT2D eigenvalue weighted by molar-refractivity contribution is 5.77. The third kappa shape index (κ3) is 1.33. The number of fused-ring (bicyclic) bond motifs is 1. The van der Waals surface area contributed by atoms with E-state index >= 15 is 0 Å². The summed E-state index contributed by atoms with van der Waals surface area (Å²) in [5.74, 6) is -0.747. The summed E-state index contributed by atoms with van der Waals surface area (Å²) in [7, 11) is 0. The van der Waals surface area contributed by atoms with Gasteiger partial charge in [-0.05, 0) is 17.7 Å². The molecule has 0 saturated carbocycles. The quantitative estimate of drug-likeness (QED) is 0.662. The van der Waals surface area contributed by atoms with Crippen LogP contribution >= 0.6 is 0 Å². The summed E-state index contributed by atoms with van der Waals surface area (Å²) in [5.41, 5.74) is 6.05. The highest BCUT2D eigenvalue weighted by atomic mass is 16.4. The molecule has 0 spiro atoms. The number of hydrogen-bond acceptors (Lipinski definition) is 4. The van der Waals surface area contributed by atoms with Gasteiger partial charge in [0.1, 0.15) is 0 Å².